The van der Waals surface area contributed by atoms with Crippen molar-refractivity contribution in [3.05, 3.63) is 65.7 Å². The molecule has 4 rings (SSSR count). The lowest BCUT2D eigenvalue weighted by molar-refractivity contribution is -0.138. The molecule has 1 amide bonds. The molecule has 2 atom stereocenters. The summed E-state index contributed by atoms with van der Waals surface area (Å²) in [5, 5.41) is 0. The highest BCUT2D eigenvalue weighted by molar-refractivity contribution is 5.80. The summed E-state index contributed by atoms with van der Waals surface area (Å²) in [6.07, 6.45) is 1.96. The van der Waals surface area contributed by atoms with Gasteiger partial charge in [0.2, 0.25) is 5.91 Å². The molecule has 0 radical (unpaired) electrons. The molecule has 5 heteroatoms. The zero-order chi connectivity index (χ0) is 18.0. The molecule has 0 aromatic heterocycles. The average Bonchev–Trinajstić information content (AvgIpc) is 3.20. The van der Waals surface area contributed by atoms with Gasteiger partial charge in [-0.25, -0.2) is 0 Å². The van der Waals surface area contributed by atoms with Crippen molar-refractivity contribution in [3.63, 3.8) is 0 Å². The number of ether oxygens (including phenoxy) is 3. The lowest BCUT2D eigenvalue weighted by atomic mass is 9.99. The normalized spacial score (nSPS) is 24.7. The Morgan fingerprint density at radius 2 is 1.92 bits per heavy atom. The van der Waals surface area contributed by atoms with Crippen molar-refractivity contribution in [1.82, 2.24) is 4.90 Å². The largest absolute Gasteiger partial charge is 0.468 e. The second-order valence-corrected chi connectivity index (χ2v) is 6.82. The Hall–Kier alpha value is -2.37. The van der Waals surface area contributed by atoms with Crippen LogP contribution >= 0.6 is 0 Å². The summed E-state index contributed by atoms with van der Waals surface area (Å²) >= 11 is 0. The van der Waals surface area contributed by atoms with Crippen molar-refractivity contribution in [1.29, 1.82) is 0 Å². The van der Waals surface area contributed by atoms with E-state index in [0.29, 0.717) is 19.4 Å². The van der Waals surface area contributed by atoms with E-state index in [2.05, 4.69) is 12.1 Å². The maximum Gasteiger partial charge on any atom is 0.225 e. The SMILES string of the molecule is COCOc1ccc(C[C@@]23CCC(=O)N2[C@@H](c2ccccc2)CO3)cc1. The van der Waals surface area contributed by atoms with Gasteiger partial charge in [0, 0.05) is 26.4 Å². The van der Waals surface area contributed by atoms with Crippen molar-refractivity contribution < 1.29 is 19.0 Å². The molecule has 5 nitrogen and oxygen atoms in total. The standard InChI is InChI=1S/C21H23NO4/c1-24-15-25-18-9-7-16(8-10-18)13-21-12-11-20(23)22(21)19(14-26-21)17-5-3-2-4-6-17/h2-10,19H,11-15H2,1H3/t19-,21+/m1/s1. The van der Waals surface area contributed by atoms with E-state index in [0.717, 1.165) is 23.3 Å². The molecule has 2 heterocycles. The number of benzene rings is 2. The number of carbonyl (C=O) groups excluding carboxylic acids is 1. The molecule has 0 saturated carbocycles. The van der Waals surface area contributed by atoms with Gasteiger partial charge in [0.15, 0.2) is 6.79 Å². The maximum atomic E-state index is 12.6. The van der Waals surface area contributed by atoms with Gasteiger partial charge >= 0.3 is 0 Å². The molecule has 2 aromatic rings. The predicted octanol–water partition coefficient (Wildman–Crippen LogP) is 3.30. The number of hydrogen-bond donors (Lipinski definition) is 0. The number of nitrogens with zero attached hydrogens (tertiary/aromatic N) is 1. The van der Waals surface area contributed by atoms with E-state index in [4.69, 9.17) is 14.2 Å². The fraction of sp³-hybridized carbons (Fsp3) is 0.381. The molecule has 0 aliphatic carbocycles. The van der Waals surface area contributed by atoms with Crippen molar-refractivity contribution in [2.45, 2.75) is 31.0 Å². The first kappa shape index (κ1) is 17.1. The zero-order valence-corrected chi connectivity index (χ0v) is 14.9. The van der Waals surface area contributed by atoms with Gasteiger partial charge in [-0.3, -0.25) is 4.79 Å². The number of amides is 1. The highest BCUT2D eigenvalue weighted by Crippen LogP contribution is 2.46. The van der Waals surface area contributed by atoms with Crippen LogP contribution in [0.1, 0.15) is 30.0 Å². The van der Waals surface area contributed by atoms with Gasteiger partial charge < -0.3 is 19.1 Å². The van der Waals surface area contributed by atoms with Crippen LogP contribution in [0.25, 0.3) is 0 Å². The lowest BCUT2D eigenvalue weighted by Crippen LogP contribution is -2.44. The van der Waals surface area contributed by atoms with Gasteiger partial charge in [-0.2, -0.15) is 0 Å². The van der Waals surface area contributed by atoms with Gasteiger partial charge in [-0.15, -0.1) is 0 Å². The molecule has 136 valence electrons. The summed E-state index contributed by atoms with van der Waals surface area (Å²) in [4.78, 5) is 14.6. The third-order valence-corrected chi connectivity index (χ3v) is 5.19. The number of methoxy groups -OCH3 is 1. The van der Waals surface area contributed by atoms with E-state index in [1.807, 2.05) is 47.4 Å². The lowest BCUT2D eigenvalue weighted by Gasteiger charge is -2.33. The highest BCUT2D eigenvalue weighted by atomic mass is 16.7. The Kier molecular flexibility index (Phi) is 4.66. The Bertz CT molecular complexity index is 761. The van der Waals surface area contributed by atoms with Crippen LogP contribution in [0.15, 0.2) is 54.6 Å². The second kappa shape index (κ2) is 7.09. The number of rotatable bonds is 6. The molecule has 2 aliphatic heterocycles. The van der Waals surface area contributed by atoms with Gasteiger partial charge in [-0.1, -0.05) is 42.5 Å². The van der Waals surface area contributed by atoms with Gasteiger partial charge in [0.25, 0.3) is 0 Å². The molecule has 2 saturated heterocycles. The van der Waals surface area contributed by atoms with Gasteiger partial charge in [0.05, 0.1) is 12.6 Å². The van der Waals surface area contributed by atoms with Crippen molar-refractivity contribution in [2.75, 3.05) is 20.5 Å². The van der Waals surface area contributed by atoms with Crippen LogP contribution in [0.2, 0.25) is 0 Å². The van der Waals surface area contributed by atoms with E-state index in [1.165, 1.54) is 0 Å². The van der Waals surface area contributed by atoms with Crippen LogP contribution < -0.4 is 4.74 Å². The molecule has 0 N–H and O–H groups in total. The molecule has 2 aromatic carbocycles. The summed E-state index contributed by atoms with van der Waals surface area (Å²) in [6.45, 7) is 0.776. The topological polar surface area (TPSA) is 48.0 Å². The van der Waals surface area contributed by atoms with Gasteiger partial charge in [-0.05, 0) is 23.3 Å². The Labute approximate surface area is 153 Å². The highest BCUT2D eigenvalue weighted by Gasteiger charge is 2.54. The second-order valence-electron chi connectivity index (χ2n) is 6.82. The minimum absolute atomic E-state index is 0.00416. The molecule has 2 aliphatic rings. The first-order chi connectivity index (χ1) is 12.7. The fourth-order valence-corrected chi connectivity index (χ4v) is 3.97. The van der Waals surface area contributed by atoms with Crippen molar-refractivity contribution in [2.24, 2.45) is 0 Å². The van der Waals surface area contributed by atoms with E-state index in [1.54, 1.807) is 7.11 Å². The van der Waals surface area contributed by atoms with Crippen LogP contribution in [0, 0.1) is 0 Å². The smallest absolute Gasteiger partial charge is 0.225 e. The zero-order valence-electron chi connectivity index (χ0n) is 14.9. The van der Waals surface area contributed by atoms with Gasteiger partial charge in [0.1, 0.15) is 11.5 Å². The monoisotopic (exact) mass is 353 g/mol. The Balaban J connectivity index is 1.54. The minimum atomic E-state index is -0.535. The third kappa shape index (κ3) is 3.08. The summed E-state index contributed by atoms with van der Waals surface area (Å²) in [7, 11) is 1.60. The average molecular weight is 353 g/mol. The molecule has 0 unspecified atom stereocenters. The first-order valence-electron chi connectivity index (χ1n) is 8.94. The number of carbonyl (C=O) groups is 1. The summed E-state index contributed by atoms with van der Waals surface area (Å²) in [6, 6.07) is 18.0. The first-order valence-corrected chi connectivity index (χ1v) is 8.94. The van der Waals surface area contributed by atoms with Crippen LogP contribution in [-0.2, 0) is 20.7 Å². The van der Waals surface area contributed by atoms with E-state index in [9.17, 15) is 4.79 Å². The van der Waals surface area contributed by atoms with Crippen LogP contribution in [-0.4, -0.2) is 37.0 Å². The Morgan fingerprint density at radius 3 is 2.65 bits per heavy atom. The Morgan fingerprint density at radius 1 is 1.15 bits per heavy atom. The summed E-state index contributed by atoms with van der Waals surface area (Å²) in [5.41, 5.74) is 1.73. The number of fused-ring (bicyclic) bond motifs is 1. The molecular formula is C21H23NO4. The maximum absolute atomic E-state index is 12.6. The van der Waals surface area contributed by atoms with Crippen LogP contribution in [0.4, 0.5) is 0 Å². The summed E-state index contributed by atoms with van der Waals surface area (Å²) in [5.74, 6) is 0.943. The van der Waals surface area contributed by atoms with Crippen molar-refractivity contribution in [3.8, 4) is 5.75 Å². The third-order valence-electron chi connectivity index (χ3n) is 5.19. The summed E-state index contributed by atoms with van der Waals surface area (Å²) < 4.78 is 16.6. The van der Waals surface area contributed by atoms with Crippen LogP contribution in [0.5, 0.6) is 5.75 Å². The predicted molar refractivity (Wildman–Crippen MR) is 96.6 cm³/mol. The quantitative estimate of drug-likeness (QED) is 0.748. The number of hydrogen-bond acceptors (Lipinski definition) is 4. The van der Waals surface area contributed by atoms with E-state index >= 15 is 0 Å². The molecule has 0 spiro atoms. The molecule has 0 bridgehead atoms. The molecule has 26 heavy (non-hydrogen) atoms. The fourth-order valence-electron chi connectivity index (χ4n) is 3.97. The van der Waals surface area contributed by atoms with Crippen LogP contribution in [0.3, 0.4) is 0 Å². The van der Waals surface area contributed by atoms with Crippen molar-refractivity contribution >= 4 is 5.91 Å². The molecule has 2 fully saturated rings. The van der Waals surface area contributed by atoms with E-state index in [-0.39, 0.29) is 18.7 Å². The minimum Gasteiger partial charge on any atom is -0.468 e. The molecular weight excluding hydrogens is 330 g/mol. The van der Waals surface area contributed by atoms with E-state index < -0.39 is 5.72 Å².